The smallest absolute Gasteiger partial charge is 0.140 e. The average Bonchev–Trinajstić information content (AvgIpc) is 3.27. The second-order valence-electron chi connectivity index (χ2n) is 10.2. The number of hydrogen-bond acceptors (Lipinski definition) is 3. The van der Waals surface area contributed by atoms with E-state index in [1.54, 1.807) is 0 Å². The quantitative estimate of drug-likeness (QED) is 0.363. The molecule has 2 heterocycles. The van der Waals surface area contributed by atoms with E-state index in [9.17, 15) is 0 Å². The van der Waals surface area contributed by atoms with Crippen molar-refractivity contribution in [2.45, 2.75) is 37.3 Å². The van der Waals surface area contributed by atoms with Crippen molar-refractivity contribution < 1.29 is 0 Å². The molecule has 4 aliphatic rings. The fraction of sp³-hybridized carbons (Fsp3) is 0.212. The molecule has 0 amide bonds. The summed E-state index contributed by atoms with van der Waals surface area (Å²) in [5.74, 6) is 0.771. The van der Waals surface area contributed by atoms with Crippen molar-refractivity contribution in [2.75, 3.05) is 0 Å². The number of rotatable bonds is 3. The van der Waals surface area contributed by atoms with E-state index in [4.69, 9.17) is 9.98 Å². The lowest BCUT2D eigenvalue weighted by atomic mass is 9.66. The molecule has 1 spiro atoms. The molecule has 3 nitrogen and oxygen atoms in total. The zero-order valence-corrected chi connectivity index (χ0v) is 20.3. The Kier molecular flexibility index (Phi) is 5.09. The highest BCUT2D eigenvalue weighted by atomic mass is 15.4. The second kappa shape index (κ2) is 8.60. The SMILES string of the molecule is C1=CC2=N[C@@]34CCCC[C@H]3[C@H](c3ccccc3)C=C(c3ccccc3)N4C2=CC1=Nc1ccccc1. The lowest BCUT2D eigenvalue weighted by Gasteiger charge is -2.53. The summed E-state index contributed by atoms with van der Waals surface area (Å²) in [5.41, 5.74) is 7.86. The Bertz CT molecular complexity index is 1430. The van der Waals surface area contributed by atoms with Gasteiger partial charge in [0.25, 0.3) is 0 Å². The standard InChI is InChI=1S/C33H29N3/c1-4-12-24(13-5-1)28-23-31(25-14-6-2-7-15-25)36-32-22-27(34-26-16-8-3-9-17-26)19-20-30(32)35-33(36)21-11-10-18-29(28)33/h1-9,12-17,19-20,22-23,28-29H,10-11,18,21H2/t28-,29-,33+/m0/s1. The molecule has 2 aliphatic carbocycles. The minimum Gasteiger partial charge on any atom is -0.313 e. The third-order valence-electron chi connectivity index (χ3n) is 8.09. The maximum Gasteiger partial charge on any atom is 0.140 e. The van der Waals surface area contributed by atoms with Crippen molar-refractivity contribution in [3.63, 3.8) is 0 Å². The van der Waals surface area contributed by atoms with Gasteiger partial charge in [-0.3, -0.25) is 4.99 Å². The Hall–Kier alpha value is -3.98. The summed E-state index contributed by atoms with van der Waals surface area (Å²) in [6, 6.07) is 32.1. The van der Waals surface area contributed by atoms with Crippen LogP contribution in [-0.4, -0.2) is 22.0 Å². The lowest BCUT2D eigenvalue weighted by Crippen LogP contribution is -2.54. The zero-order chi connectivity index (χ0) is 24.0. The van der Waals surface area contributed by atoms with E-state index < -0.39 is 0 Å². The minimum absolute atomic E-state index is 0.258. The van der Waals surface area contributed by atoms with Crippen LogP contribution in [0.4, 0.5) is 5.69 Å². The number of aliphatic imine (C=N–C) groups is 2. The largest absolute Gasteiger partial charge is 0.313 e. The summed E-state index contributed by atoms with van der Waals surface area (Å²) in [5, 5.41) is 0. The van der Waals surface area contributed by atoms with Crippen molar-refractivity contribution in [2.24, 2.45) is 15.9 Å². The molecule has 0 N–H and O–H groups in total. The Morgan fingerprint density at radius 3 is 2.28 bits per heavy atom. The summed E-state index contributed by atoms with van der Waals surface area (Å²) >= 11 is 0. The number of allylic oxidation sites excluding steroid dienone is 4. The number of benzene rings is 3. The predicted octanol–water partition coefficient (Wildman–Crippen LogP) is 7.69. The molecular weight excluding hydrogens is 438 g/mol. The van der Waals surface area contributed by atoms with Gasteiger partial charge in [0, 0.05) is 17.5 Å². The number of hydrogen-bond donors (Lipinski definition) is 0. The molecule has 1 fully saturated rings. The third-order valence-corrected chi connectivity index (χ3v) is 8.09. The third kappa shape index (κ3) is 3.42. The zero-order valence-electron chi connectivity index (χ0n) is 20.3. The van der Waals surface area contributed by atoms with Crippen LogP contribution in [-0.2, 0) is 0 Å². The molecule has 3 aromatic rings. The topological polar surface area (TPSA) is 28.0 Å². The normalized spacial score (nSPS) is 27.5. The molecule has 0 saturated heterocycles. The Morgan fingerprint density at radius 2 is 1.50 bits per heavy atom. The van der Waals surface area contributed by atoms with Crippen molar-refractivity contribution in [3.05, 3.63) is 132 Å². The highest BCUT2D eigenvalue weighted by Gasteiger charge is 2.56. The van der Waals surface area contributed by atoms with E-state index in [1.807, 2.05) is 18.2 Å². The fourth-order valence-corrected chi connectivity index (χ4v) is 6.56. The Labute approximate surface area is 212 Å². The van der Waals surface area contributed by atoms with Crippen LogP contribution in [0.1, 0.15) is 42.7 Å². The number of para-hydroxylation sites is 1. The van der Waals surface area contributed by atoms with Crippen LogP contribution in [0.15, 0.2) is 131 Å². The number of fused-ring (bicyclic) bond motifs is 2. The fourth-order valence-electron chi connectivity index (χ4n) is 6.56. The maximum atomic E-state index is 5.57. The van der Waals surface area contributed by atoms with Crippen LogP contribution < -0.4 is 0 Å². The second-order valence-corrected chi connectivity index (χ2v) is 10.2. The minimum atomic E-state index is -0.258. The van der Waals surface area contributed by atoms with Crippen molar-refractivity contribution >= 4 is 22.8 Å². The van der Waals surface area contributed by atoms with Gasteiger partial charge in [0.1, 0.15) is 5.66 Å². The van der Waals surface area contributed by atoms with Gasteiger partial charge in [0.05, 0.1) is 22.8 Å². The van der Waals surface area contributed by atoms with Gasteiger partial charge in [-0.25, -0.2) is 4.99 Å². The molecule has 2 aliphatic heterocycles. The van der Waals surface area contributed by atoms with Crippen LogP contribution in [0.3, 0.4) is 0 Å². The summed E-state index contributed by atoms with van der Waals surface area (Å²) in [6.45, 7) is 0. The first-order valence-corrected chi connectivity index (χ1v) is 13.1. The highest BCUT2D eigenvalue weighted by molar-refractivity contribution is 6.23. The van der Waals surface area contributed by atoms with Crippen molar-refractivity contribution in [3.8, 4) is 0 Å². The Balaban J connectivity index is 1.42. The molecule has 3 heteroatoms. The average molecular weight is 468 g/mol. The van der Waals surface area contributed by atoms with Gasteiger partial charge in [0.2, 0.25) is 0 Å². The van der Waals surface area contributed by atoms with E-state index in [2.05, 4.69) is 102 Å². The van der Waals surface area contributed by atoms with Gasteiger partial charge >= 0.3 is 0 Å². The van der Waals surface area contributed by atoms with E-state index in [0.717, 1.165) is 23.5 Å². The molecule has 3 aromatic carbocycles. The van der Waals surface area contributed by atoms with E-state index in [-0.39, 0.29) is 5.66 Å². The molecule has 176 valence electrons. The number of nitrogens with zero attached hydrogens (tertiary/aromatic N) is 3. The molecule has 3 atom stereocenters. The molecule has 7 rings (SSSR count). The van der Waals surface area contributed by atoms with Crippen molar-refractivity contribution in [1.29, 1.82) is 0 Å². The highest BCUT2D eigenvalue weighted by Crippen LogP contribution is 2.57. The first-order valence-electron chi connectivity index (χ1n) is 13.1. The molecule has 0 radical (unpaired) electrons. The maximum absolute atomic E-state index is 5.57. The van der Waals surface area contributed by atoms with Crippen LogP contribution in [0, 0.1) is 5.92 Å². The molecule has 36 heavy (non-hydrogen) atoms. The van der Waals surface area contributed by atoms with Crippen molar-refractivity contribution in [1.82, 2.24) is 4.90 Å². The first kappa shape index (κ1) is 21.3. The molecule has 0 bridgehead atoms. The molecule has 0 aromatic heterocycles. The summed E-state index contributed by atoms with van der Waals surface area (Å²) in [4.78, 5) is 13.1. The molecular formula is C33H29N3. The van der Waals surface area contributed by atoms with E-state index in [0.29, 0.717) is 11.8 Å². The van der Waals surface area contributed by atoms with Gasteiger partial charge in [-0.2, -0.15) is 0 Å². The van der Waals surface area contributed by atoms with Crippen LogP contribution >= 0.6 is 0 Å². The van der Waals surface area contributed by atoms with Gasteiger partial charge in [0.15, 0.2) is 0 Å². The molecule has 0 unspecified atom stereocenters. The van der Waals surface area contributed by atoms with Crippen LogP contribution in [0.2, 0.25) is 0 Å². The lowest BCUT2D eigenvalue weighted by molar-refractivity contribution is 0.0687. The van der Waals surface area contributed by atoms with E-state index >= 15 is 0 Å². The van der Waals surface area contributed by atoms with Crippen LogP contribution in [0.25, 0.3) is 5.70 Å². The monoisotopic (exact) mass is 467 g/mol. The van der Waals surface area contributed by atoms with E-state index in [1.165, 1.54) is 41.8 Å². The van der Waals surface area contributed by atoms with Gasteiger partial charge in [-0.15, -0.1) is 0 Å². The first-order chi connectivity index (χ1) is 17.8. The van der Waals surface area contributed by atoms with Gasteiger partial charge in [-0.1, -0.05) is 91.4 Å². The summed E-state index contributed by atoms with van der Waals surface area (Å²) < 4.78 is 0. The van der Waals surface area contributed by atoms with Crippen LogP contribution in [0.5, 0.6) is 0 Å². The Morgan fingerprint density at radius 1 is 0.778 bits per heavy atom. The van der Waals surface area contributed by atoms with Gasteiger partial charge < -0.3 is 4.90 Å². The van der Waals surface area contributed by atoms with Gasteiger partial charge in [-0.05, 0) is 60.8 Å². The predicted molar refractivity (Wildman–Crippen MR) is 148 cm³/mol. The summed E-state index contributed by atoms with van der Waals surface area (Å²) in [6.07, 6.45) is 13.8. The molecule has 1 saturated carbocycles. The summed E-state index contributed by atoms with van der Waals surface area (Å²) in [7, 11) is 0.